The Hall–Kier alpha value is -3.03. The molecule has 8 nitrogen and oxygen atoms in total. The molecule has 1 aliphatic heterocycles. The average molecular weight is 394 g/mol. The molecular formula is C21H26N6O2. The molecule has 1 atom stereocenters. The van der Waals surface area contributed by atoms with E-state index in [2.05, 4.69) is 20.2 Å². The van der Waals surface area contributed by atoms with Crippen LogP contribution in [0.2, 0.25) is 0 Å². The number of hydrogen-bond acceptors (Lipinski definition) is 6. The van der Waals surface area contributed by atoms with Crippen molar-refractivity contribution in [2.75, 3.05) is 13.1 Å². The lowest BCUT2D eigenvalue weighted by molar-refractivity contribution is -0.132. The first-order chi connectivity index (χ1) is 14.0. The van der Waals surface area contributed by atoms with E-state index in [1.165, 1.54) is 0 Å². The molecular weight excluding hydrogens is 368 g/mol. The maximum Gasteiger partial charge on any atom is 0.224 e. The van der Waals surface area contributed by atoms with Crippen LogP contribution in [0, 0.1) is 20.8 Å². The lowest BCUT2D eigenvalue weighted by Crippen LogP contribution is -2.39. The molecule has 3 aromatic heterocycles. The van der Waals surface area contributed by atoms with Crippen molar-refractivity contribution in [3.8, 4) is 11.3 Å². The molecule has 1 aliphatic rings. The molecule has 8 heteroatoms. The number of aromatic nitrogens is 5. The van der Waals surface area contributed by atoms with E-state index in [9.17, 15) is 4.79 Å². The van der Waals surface area contributed by atoms with Gasteiger partial charge in [0.2, 0.25) is 5.91 Å². The van der Waals surface area contributed by atoms with E-state index in [0.29, 0.717) is 25.3 Å². The second-order valence-corrected chi connectivity index (χ2v) is 7.73. The van der Waals surface area contributed by atoms with Crippen molar-refractivity contribution >= 4 is 5.91 Å². The van der Waals surface area contributed by atoms with Crippen LogP contribution in [0.3, 0.4) is 0 Å². The van der Waals surface area contributed by atoms with Crippen molar-refractivity contribution in [2.24, 2.45) is 0 Å². The highest BCUT2D eigenvalue weighted by molar-refractivity contribution is 5.76. The lowest BCUT2D eigenvalue weighted by atomic mass is 9.91. The Morgan fingerprint density at radius 2 is 2.10 bits per heavy atom. The van der Waals surface area contributed by atoms with Crippen molar-refractivity contribution < 1.29 is 9.32 Å². The summed E-state index contributed by atoms with van der Waals surface area (Å²) in [6.45, 7) is 7.93. The molecule has 1 fully saturated rings. The monoisotopic (exact) mass is 394 g/mol. The minimum absolute atomic E-state index is 0.157. The minimum atomic E-state index is 0.157. The number of aryl methyl sites for hydroxylation is 4. The first-order valence-corrected chi connectivity index (χ1v) is 10.0. The quantitative estimate of drug-likeness (QED) is 0.661. The van der Waals surface area contributed by atoms with Gasteiger partial charge in [-0.05, 0) is 39.7 Å². The number of piperidine rings is 1. The molecule has 0 bridgehead atoms. The Bertz CT molecular complexity index is 1010. The summed E-state index contributed by atoms with van der Waals surface area (Å²) in [4.78, 5) is 23.5. The van der Waals surface area contributed by atoms with E-state index >= 15 is 0 Å². The fraction of sp³-hybridized carbons (Fsp3) is 0.476. The molecule has 0 aromatic carbocycles. The summed E-state index contributed by atoms with van der Waals surface area (Å²) in [5.74, 6) is 0.990. The van der Waals surface area contributed by atoms with Gasteiger partial charge in [-0.2, -0.15) is 5.10 Å². The van der Waals surface area contributed by atoms with Gasteiger partial charge >= 0.3 is 0 Å². The summed E-state index contributed by atoms with van der Waals surface area (Å²) in [6, 6.07) is 3.92. The molecule has 0 unspecified atom stereocenters. The first kappa shape index (κ1) is 19.3. The number of nitrogens with zero attached hydrogens (tertiary/aromatic N) is 6. The zero-order chi connectivity index (χ0) is 20.4. The molecule has 0 aliphatic carbocycles. The van der Waals surface area contributed by atoms with Gasteiger partial charge in [0.05, 0.1) is 22.6 Å². The maximum atomic E-state index is 12.8. The van der Waals surface area contributed by atoms with E-state index in [-0.39, 0.29) is 11.8 Å². The molecule has 0 saturated carbocycles. The highest BCUT2D eigenvalue weighted by Crippen LogP contribution is 2.33. The Morgan fingerprint density at radius 1 is 1.24 bits per heavy atom. The normalized spacial score (nSPS) is 16.9. The Morgan fingerprint density at radius 3 is 2.83 bits per heavy atom. The maximum absolute atomic E-state index is 12.8. The van der Waals surface area contributed by atoms with Crippen LogP contribution >= 0.6 is 0 Å². The van der Waals surface area contributed by atoms with Gasteiger partial charge in [0.1, 0.15) is 6.33 Å². The smallest absolute Gasteiger partial charge is 0.224 e. The standard InChI is InChI=1S/C21H26N6O2/c1-14-9-16(3)27(24-14)8-6-20(28)26-7-4-5-17(12-26)21-18(11-22-13-23-21)19-10-15(2)25-29-19/h9-11,13,17H,4-8,12H2,1-3H3/t17-/m1/s1. The average Bonchev–Trinajstić information content (AvgIpc) is 3.30. The van der Waals surface area contributed by atoms with Gasteiger partial charge in [-0.3, -0.25) is 9.48 Å². The molecule has 152 valence electrons. The summed E-state index contributed by atoms with van der Waals surface area (Å²) >= 11 is 0. The van der Waals surface area contributed by atoms with Crippen molar-refractivity contribution in [3.05, 3.63) is 47.4 Å². The third-order valence-electron chi connectivity index (χ3n) is 5.44. The fourth-order valence-electron chi connectivity index (χ4n) is 4.03. The van der Waals surface area contributed by atoms with Crippen LogP contribution in [0.4, 0.5) is 0 Å². The van der Waals surface area contributed by atoms with Crippen LogP contribution in [0.25, 0.3) is 11.3 Å². The molecule has 0 N–H and O–H groups in total. The lowest BCUT2D eigenvalue weighted by Gasteiger charge is -2.33. The number of rotatable bonds is 5. The number of likely N-dealkylation sites (tertiary alicyclic amines) is 1. The zero-order valence-corrected chi connectivity index (χ0v) is 17.1. The van der Waals surface area contributed by atoms with E-state index < -0.39 is 0 Å². The predicted molar refractivity (Wildman–Crippen MR) is 107 cm³/mol. The number of carbonyl (C=O) groups excluding carboxylic acids is 1. The molecule has 3 aromatic rings. The number of hydrogen-bond donors (Lipinski definition) is 0. The number of amides is 1. The summed E-state index contributed by atoms with van der Waals surface area (Å²) in [5.41, 5.74) is 4.66. The third-order valence-corrected chi connectivity index (χ3v) is 5.44. The minimum Gasteiger partial charge on any atom is -0.356 e. The summed E-state index contributed by atoms with van der Waals surface area (Å²) < 4.78 is 7.34. The van der Waals surface area contributed by atoms with Crippen LogP contribution < -0.4 is 0 Å². The van der Waals surface area contributed by atoms with Crippen LogP contribution in [-0.2, 0) is 11.3 Å². The van der Waals surface area contributed by atoms with Gasteiger partial charge in [-0.1, -0.05) is 5.16 Å². The van der Waals surface area contributed by atoms with Gasteiger partial charge in [-0.15, -0.1) is 0 Å². The van der Waals surface area contributed by atoms with E-state index in [4.69, 9.17) is 4.52 Å². The van der Waals surface area contributed by atoms with Crippen molar-refractivity contribution in [1.82, 2.24) is 29.8 Å². The molecule has 4 rings (SSSR count). The second-order valence-electron chi connectivity index (χ2n) is 7.73. The van der Waals surface area contributed by atoms with E-state index in [0.717, 1.165) is 47.7 Å². The van der Waals surface area contributed by atoms with Crippen LogP contribution in [0.15, 0.2) is 29.2 Å². The predicted octanol–water partition coefficient (Wildman–Crippen LogP) is 3.05. The highest BCUT2D eigenvalue weighted by Gasteiger charge is 2.28. The van der Waals surface area contributed by atoms with E-state index in [1.54, 1.807) is 12.5 Å². The third kappa shape index (κ3) is 4.21. The fourth-order valence-corrected chi connectivity index (χ4v) is 4.03. The molecule has 1 amide bonds. The largest absolute Gasteiger partial charge is 0.356 e. The Balaban J connectivity index is 1.46. The SMILES string of the molecule is Cc1cc(-c2cncnc2[C@@H]2CCCN(C(=O)CCn3nc(C)cc3C)C2)on1. The summed E-state index contributed by atoms with van der Waals surface area (Å²) in [6.07, 6.45) is 5.72. The molecule has 1 saturated heterocycles. The van der Waals surface area contributed by atoms with Crippen molar-refractivity contribution in [3.63, 3.8) is 0 Å². The summed E-state index contributed by atoms with van der Waals surface area (Å²) in [7, 11) is 0. The van der Waals surface area contributed by atoms with Crippen molar-refractivity contribution in [2.45, 2.75) is 52.5 Å². The van der Waals surface area contributed by atoms with Gasteiger partial charge in [-0.25, -0.2) is 9.97 Å². The molecule has 4 heterocycles. The van der Waals surface area contributed by atoms with Crippen LogP contribution in [0.5, 0.6) is 0 Å². The molecule has 0 radical (unpaired) electrons. The van der Waals surface area contributed by atoms with Crippen molar-refractivity contribution in [1.29, 1.82) is 0 Å². The molecule has 29 heavy (non-hydrogen) atoms. The van der Waals surface area contributed by atoms with Crippen LogP contribution in [0.1, 0.15) is 48.0 Å². The molecule has 0 spiro atoms. The van der Waals surface area contributed by atoms with Crippen LogP contribution in [-0.4, -0.2) is 48.8 Å². The number of carbonyl (C=O) groups is 1. The second kappa shape index (κ2) is 8.14. The Kier molecular flexibility index (Phi) is 5.42. The van der Waals surface area contributed by atoms with Gasteiger partial charge in [0.25, 0.3) is 0 Å². The van der Waals surface area contributed by atoms with E-state index in [1.807, 2.05) is 42.5 Å². The van der Waals surface area contributed by atoms with Gasteiger partial charge in [0, 0.05) is 49.9 Å². The highest BCUT2D eigenvalue weighted by atomic mass is 16.5. The zero-order valence-electron chi connectivity index (χ0n) is 17.1. The summed E-state index contributed by atoms with van der Waals surface area (Å²) in [5, 5.41) is 8.43. The Labute approximate surface area is 169 Å². The van der Waals surface area contributed by atoms with Gasteiger partial charge in [0.15, 0.2) is 5.76 Å². The topological polar surface area (TPSA) is 89.9 Å². The first-order valence-electron chi connectivity index (χ1n) is 10.0. The van der Waals surface area contributed by atoms with Gasteiger partial charge < -0.3 is 9.42 Å².